The second-order valence-electron chi connectivity index (χ2n) is 6.00. The highest BCUT2D eigenvalue weighted by molar-refractivity contribution is 5.79. The van der Waals surface area contributed by atoms with Crippen LogP contribution in [0.4, 0.5) is 0 Å². The maximum Gasteiger partial charge on any atom is 0.305 e. The van der Waals surface area contributed by atoms with Gasteiger partial charge in [-0.25, -0.2) is 0 Å². The summed E-state index contributed by atoms with van der Waals surface area (Å²) >= 11 is 0. The zero-order valence-corrected chi connectivity index (χ0v) is 16.6. The molecule has 0 spiro atoms. The van der Waals surface area contributed by atoms with Gasteiger partial charge in [0.15, 0.2) is 29.6 Å². The minimum atomic E-state index is -1.05. The number of carboxylic acid groups (broad SMARTS) is 1. The Balaban J connectivity index is 2.12. The van der Waals surface area contributed by atoms with E-state index in [1.165, 1.54) is 14.2 Å². The summed E-state index contributed by atoms with van der Waals surface area (Å²) in [5.74, 6) is 0.406. The van der Waals surface area contributed by atoms with E-state index in [-0.39, 0.29) is 13.0 Å². The van der Waals surface area contributed by atoms with Crippen molar-refractivity contribution in [2.45, 2.75) is 19.4 Å². The van der Waals surface area contributed by atoms with E-state index in [1.54, 1.807) is 42.5 Å². The van der Waals surface area contributed by atoms with E-state index in [2.05, 4.69) is 5.32 Å². The predicted octanol–water partition coefficient (Wildman–Crippen LogP) is 2.81. The molecule has 8 nitrogen and oxygen atoms in total. The number of hydrogen-bond acceptors (Lipinski definition) is 6. The molecule has 8 heteroatoms. The molecule has 0 unspecified atom stereocenters. The number of carbonyl (C=O) groups excluding carboxylic acids is 1. The van der Waals surface area contributed by atoms with Gasteiger partial charge in [-0.05, 0) is 36.8 Å². The Morgan fingerprint density at radius 2 is 1.62 bits per heavy atom. The first-order valence-electron chi connectivity index (χ1n) is 9.06. The third kappa shape index (κ3) is 6.31. The van der Waals surface area contributed by atoms with Crippen molar-refractivity contribution in [3.8, 4) is 23.0 Å². The van der Waals surface area contributed by atoms with Gasteiger partial charge in [-0.3, -0.25) is 9.59 Å². The standard InChI is InChI=1S/C21H25NO7/c1-4-28-18-10-9-14(11-19(18)27-3)15(12-21(24)25)22-20(23)13-29-17-8-6-5-7-16(17)26-2/h5-11,15H,4,12-13H2,1-3H3,(H,22,23)(H,24,25)/t15-/m0/s1. The first kappa shape index (κ1) is 21.9. The zero-order chi connectivity index (χ0) is 21.2. The molecule has 0 saturated heterocycles. The molecule has 156 valence electrons. The quantitative estimate of drug-likeness (QED) is 0.595. The first-order valence-corrected chi connectivity index (χ1v) is 9.06. The summed E-state index contributed by atoms with van der Waals surface area (Å²) < 4.78 is 21.5. The highest BCUT2D eigenvalue weighted by atomic mass is 16.5. The van der Waals surface area contributed by atoms with Crippen molar-refractivity contribution in [3.05, 3.63) is 48.0 Å². The number of ether oxygens (including phenoxy) is 4. The molecule has 0 aliphatic heterocycles. The summed E-state index contributed by atoms with van der Waals surface area (Å²) in [5.41, 5.74) is 0.582. The number of hydrogen-bond donors (Lipinski definition) is 2. The summed E-state index contributed by atoms with van der Waals surface area (Å²) in [6.45, 7) is 2.03. The molecular weight excluding hydrogens is 378 g/mol. The summed E-state index contributed by atoms with van der Waals surface area (Å²) in [6, 6.07) is 11.2. The lowest BCUT2D eigenvalue weighted by molar-refractivity contribution is -0.137. The normalized spacial score (nSPS) is 11.3. The Morgan fingerprint density at radius 1 is 0.966 bits per heavy atom. The minimum absolute atomic E-state index is 0.287. The van der Waals surface area contributed by atoms with Gasteiger partial charge in [0.25, 0.3) is 5.91 Å². The molecule has 29 heavy (non-hydrogen) atoms. The summed E-state index contributed by atoms with van der Waals surface area (Å²) in [4.78, 5) is 23.7. The molecule has 0 aliphatic rings. The molecule has 0 fully saturated rings. The van der Waals surface area contributed by atoms with Crippen LogP contribution in [0.5, 0.6) is 23.0 Å². The van der Waals surface area contributed by atoms with Crippen LogP contribution in [-0.2, 0) is 9.59 Å². The van der Waals surface area contributed by atoms with Gasteiger partial charge in [0.05, 0.1) is 33.3 Å². The number of carbonyl (C=O) groups is 2. The Morgan fingerprint density at radius 3 is 2.24 bits per heavy atom. The van der Waals surface area contributed by atoms with E-state index in [1.807, 2.05) is 6.92 Å². The average Bonchev–Trinajstić information content (AvgIpc) is 2.72. The summed E-state index contributed by atoms with van der Waals surface area (Å²) in [5, 5.41) is 11.9. The van der Waals surface area contributed by atoms with Gasteiger partial charge in [-0.2, -0.15) is 0 Å². The Kier molecular flexibility index (Phi) is 8.14. The van der Waals surface area contributed by atoms with Crippen molar-refractivity contribution in [1.29, 1.82) is 0 Å². The third-order valence-corrected chi connectivity index (χ3v) is 4.03. The Bertz CT molecular complexity index is 838. The molecule has 0 heterocycles. The van der Waals surface area contributed by atoms with Crippen LogP contribution in [0.3, 0.4) is 0 Å². The van der Waals surface area contributed by atoms with Gasteiger partial charge in [-0.15, -0.1) is 0 Å². The van der Waals surface area contributed by atoms with E-state index >= 15 is 0 Å². The van der Waals surface area contributed by atoms with E-state index in [9.17, 15) is 14.7 Å². The SMILES string of the molecule is CCOc1ccc([C@H](CC(=O)O)NC(=O)COc2ccccc2OC)cc1OC. The first-order chi connectivity index (χ1) is 14.0. The zero-order valence-electron chi connectivity index (χ0n) is 16.6. The van der Waals surface area contributed by atoms with Crippen molar-refractivity contribution in [2.24, 2.45) is 0 Å². The molecule has 2 aromatic carbocycles. The van der Waals surface area contributed by atoms with Crippen LogP contribution < -0.4 is 24.3 Å². The molecule has 2 rings (SSSR count). The number of methoxy groups -OCH3 is 2. The third-order valence-electron chi connectivity index (χ3n) is 4.03. The molecule has 0 saturated carbocycles. The predicted molar refractivity (Wildman–Crippen MR) is 106 cm³/mol. The molecule has 1 atom stereocenters. The molecule has 0 radical (unpaired) electrons. The van der Waals surface area contributed by atoms with Crippen LogP contribution in [0.25, 0.3) is 0 Å². The van der Waals surface area contributed by atoms with Crippen LogP contribution >= 0.6 is 0 Å². The number of rotatable bonds is 11. The molecule has 0 aromatic heterocycles. The van der Waals surface area contributed by atoms with Crippen molar-refractivity contribution in [2.75, 3.05) is 27.4 Å². The lowest BCUT2D eigenvalue weighted by atomic mass is 10.0. The average molecular weight is 403 g/mol. The van der Waals surface area contributed by atoms with Crippen molar-refractivity contribution >= 4 is 11.9 Å². The smallest absolute Gasteiger partial charge is 0.305 e. The fraction of sp³-hybridized carbons (Fsp3) is 0.333. The van der Waals surface area contributed by atoms with Crippen LogP contribution in [0, 0.1) is 0 Å². The van der Waals surface area contributed by atoms with Gasteiger partial charge >= 0.3 is 5.97 Å². The fourth-order valence-electron chi connectivity index (χ4n) is 2.72. The number of nitrogens with one attached hydrogen (secondary N) is 1. The lowest BCUT2D eigenvalue weighted by Gasteiger charge is -2.19. The van der Waals surface area contributed by atoms with Crippen LogP contribution in [0.2, 0.25) is 0 Å². The molecule has 2 aromatic rings. The Labute approximate surface area is 169 Å². The highest BCUT2D eigenvalue weighted by Crippen LogP contribution is 2.31. The summed E-state index contributed by atoms with van der Waals surface area (Å²) in [7, 11) is 3.00. The fourth-order valence-corrected chi connectivity index (χ4v) is 2.72. The maximum atomic E-state index is 12.4. The number of amides is 1. The molecule has 0 aliphatic carbocycles. The molecular formula is C21H25NO7. The second kappa shape index (κ2) is 10.8. The second-order valence-corrected chi connectivity index (χ2v) is 6.00. The number of benzene rings is 2. The van der Waals surface area contributed by atoms with Crippen LogP contribution in [0.1, 0.15) is 24.9 Å². The van der Waals surface area contributed by atoms with Gasteiger partial charge in [0, 0.05) is 0 Å². The Hall–Kier alpha value is -3.42. The van der Waals surface area contributed by atoms with Crippen LogP contribution in [-0.4, -0.2) is 44.4 Å². The van der Waals surface area contributed by atoms with Gasteiger partial charge < -0.3 is 29.4 Å². The van der Waals surface area contributed by atoms with Crippen LogP contribution in [0.15, 0.2) is 42.5 Å². The molecule has 0 bridgehead atoms. The monoisotopic (exact) mass is 403 g/mol. The van der Waals surface area contributed by atoms with E-state index in [0.29, 0.717) is 35.2 Å². The number of aliphatic carboxylic acids is 1. The van der Waals surface area contributed by atoms with E-state index < -0.39 is 17.9 Å². The topological polar surface area (TPSA) is 103 Å². The van der Waals surface area contributed by atoms with Gasteiger partial charge in [0.2, 0.25) is 0 Å². The van der Waals surface area contributed by atoms with E-state index in [0.717, 1.165) is 0 Å². The maximum absolute atomic E-state index is 12.4. The molecule has 2 N–H and O–H groups in total. The largest absolute Gasteiger partial charge is 0.493 e. The van der Waals surface area contributed by atoms with Gasteiger partial charge in [-0.1, -0.05) is 18.2 Å². The van der Waals surface area contributed by atoms with Gasteiger partial charge in [0.1, 0.15) is 0 Å². The number of para-hydroxylation sites is 2. The highest BCUT2D eigenvalue weighted by Gasteiger charge is 2.20. The van der Waals surface area contributed by atoms with E-state index in [4.69, 9.17) is 18.9 Å². The van der Waals surface area contributed by atoms with Crippen molar-refractivity contribution in [3.63, 3.8) is 0 Å². The minimum Gasteiger partial charge on any atom is -0.493 e. The number of carboxylic acids is 1. The van der Waals surface area contributed by atoms with Crippen molar-refractivity contribution < 1.29 is 33.6 Å². The van der Waals surface area contributed by atoms with Crippen molar-refractivity contribution in [1.82, 2.24) is 5.32 Å². The lowest BCUT2D eigenvalue weighted by Crippen LogP contribution is -2.34. The summed E-state index contributed by atoms with van der Waals surface area (Å²) in [6.07, 6.45) is -0.294. The molecule has 1 amide bonds.